The van der Waals surface area contributed by atoms with Crippen molar-refractivity contribution in [3.05, 3.63) is 46.2 Å². The molecule has 6 nitrogen and oxygen atoms in total. The number of hydrogen-bond acceptors (Lipinski definition) is 5. The second kappa shape index (κ2) is 15.4. The van der Waals surface area contributed by atoms with Crippen LogP contribution in [0.15, 0.2) is 35.7 Å². The lowest BCUT2D eigenvalue weighted by Crippen LogP contribution is -2.43. The maximum absolute atomic E-state index is 13.4. The number of methoxy groups -OCH3 is 2. The fraction of sp³-hybridized carbons (Fsp3) is 0.556. The highest BCUT2D eigenvalue weighted by atomic mass is 32.1. The van der Waals surface area contributed by atoms with Crippen LogP contribution in [0.4, 0.5) is 0 Å². The van der Waals surface area contributed by atoms with Gasteiger partial charge in [-0.2, -0.15) is 0 Å². The molecule has 0 aliphatic heterocycles. The van der Waals surface area contributed by atoms with Crippen LogP contribution in [0.1, 0.15) is 62.8 Å². The third-order valence-electron chi connectivity index (χ3n) is 5.81. The van der Waals surface area contributed by atoms with Crippen LogP contribution < -0.4 is 9.47 Å². The second-order valence-corrected chi connectivity index (χ2v) is 9.49. The molecule has 1 aromatic carbocycles. The Balaban J connectivity index is 2.07. The third kappa shape index (κ3) is 9.01. The third-order valence-corrected chi connectivity index (χ3v) is 6.68. The van der Waals surface area contributed by atoms with Crippen LogP contribution in [0, 0.1) is 0 Å². The van der Waals surface area contributed by atoms with E-state index < -0.39 is 0 Å². The first-order chi connectivity index (χ1) is 16.5. The average molecular weight is 489 g/mol. The maximum Gasteiger partial charge on any atom is 0.242 e. The summed E-state index contributed by atoms with van der Waals surface area (Å²) in [5, 5.41) is 2.02. The van der Waals surface area contributed by atoms with Crippen molar-refractivity contribution in [1.82, 2.24) is 9.80 Å². The van der Waals surface area contributed by atoms with Gasteiger partial charge in [-0.15, -0.1) is 11.3 Å². The van der Waals surface area contributed by atoms with E-state index in [2.05, 4.69) is 6.92 Å². The van der Waals surface area contributed by atoms with E-state index in [9.17, 15) is 9.59 Å². The Kier molecular flexibility index (Phi) is 12.5. The van der Waals surface area contributed by atoms with Crippen LogP contribution in [0.2, 0.25) is 0 Å². The molecule has 188 valence electrons. The number of ether oxygens (including phenoxy) is 2. The number of hydrogen-bond donors (Lipinski definition) is 0. The van der Waals surface area contributed by atoms with Crippen molar-refractivity contribution in [1.29, 1.82) is 0 Å². The summed E-state index contributed by atoms with van der Waals surface area (Å²) in [6.07, 6.45) is 6.28. The van der Waals surface area contributed by atoms with E-state index in [1.54, 1.807) is 30.5 Å². The van der Waals surface area contributed by atoms with Crippen molar-refractivity contribution in [2.75, 3.05) is 33.9 Å². The molecule has 0 aliphatic rings. The summed E-state index contributed by atoms with van der Waals surface area (Å²) in [6, 6.07) is 9.89. The Hall–Kier alpha value is -2.54. The monoisotopic (exact) mass is 488 g/mol. The number of thiophene rings is 1. The Morgan fingerprint density at radius 2 is 1.68 bits per heavy atom. The highest BCUT2D eigenvalue weighted by Gasteiger charge is 2.21. The molecule has 1 aromatic heterocycles. The van der Waals surface area contributed by atoms with Crippen LogP contribution >= 0.6 is 11.3 Å². The van der Waals surface area contributed by atoms with E-state index in [1.807, 2.05) is 47.5 Å². The summed E-state index contributed by atoms with van der Waals surface area (Å²) in [4.78, 5) is 30.9. The van der Waals surface area contributed by atoms with Crippen molar-refractivity contribution in [3.8, 4) is 11.5 Å². The largest absolute Gasteiger partial charge is 0.493 e. The maximum atomic E-state index is 13.4. The zero-order valence-electron chi connectivity index (χ0n) is 21.2. The zero-order chi connectivity index (χ0) is 24.8. The minimum Gasteiger partial charge on any atom is -0.493 e. The van der Waals surface area contributed by atoms with Gasteiger partial charge in [0.05, 0.1) is 27.3 Å². The smallest absolute Gasteiger partial charge is 0.242 e. The standard InChI is InChI=1S/C27H40N2O4S/c1-5-7-8-9-12-26(30)28(16-6-2)21-27(31)29(20-23-11-10-18-34-23)17-15-22-13-14-24(32-3)25(19-22)33-4/h10-11,13-14,18-19H,5-9,12,15-17,20-21H2,1-4H3. The SMILES string of the molecule is CCCCCCC(=O)N(CCC)CC(=O)N(CCc1ccc(OC)c(OC)c1)Cc1cccs1. The topological polar surface area (TPSA) is 59.1 Å². The van der Waals surface area contributed by atoms with Gasteiger partial charge >= 0.3 is 0 Å². The van der Waals surface area contributed by atoms with Gasteiger partial charge in [-0.05, 0) is 48.4 Å². The van der Waals surface area contributed by atoms with Gasteiger partial charge < -0.3 is 19.3 Å². The summed E-state index contributed by atoms with van der Waals surface area (Å²) >= 11 is 1.64. The lowest BCUT2D eigenvalue weighted by molar-refractivity contribution is -0.141. The predicted octanol–water partition coefficient (Wildman–Crippen LogP) is 5.55. The molecule has 2 rings (SSSR count). The summed E-state index contributed by atoms with van der Waals surface area (Å²) in [7, 11) is 3.24. The summed E-state index contributed by atoms with van der Waals surface area (Å²) < 4.78 is 10.8. The molecule has 2 amide bonds. The molecule has 1 heterocycles. The van der Waals surface area contributed by atoms with Crippen LogP contribution in [0.25, 0.3) is 0 Å². The van der Waals surface area contributed by atoms with Crippen LogP contribution in [-0.4, -0.2) is 55.5 Å². The van der Waals surface area contributed by atoms with E-state index >= 15 is 0 Å². The minimum absolute atomic E-state index is 0.00997. The Morgan fingerprint density at radius 3 is 2.32 bits per heavy atom. The van der Waals surface area contributed by atoms with Gasteiger partial charge in [0.25, 0.3) is 0 Å². The van der Waals surface area contributed by atoms with Gasteiger partial charge in [-0.1, -0.05) is 45.2 Å². The first-order valence-corrected chi connectivity index (χ1v) is 13.2. The van der Waals surface area contributed by atoms with E-state index in [0.29, 0.717) is 44.0 Å². The fourth-order valence-corrected chi connectivity index (χ4v) is 4.59. The first-order valence-electron chi connectivity index (χ1n) is 12.3. The number of amides is 2. The van der Waals surface area contributed by atoms with Crippen LogP contribution in [0.3, 0.4) is 0 Å². The summed E-state index contributed by atoms with van der Waals surface area (Å²) in [6.45, 7) is 6.07. The number of carbonyl (C=O) groups excluding carboxylic acids is 2. The Labute approximate surface area is 208 Å². The summed E-state index contributed by atoms with van der Waals surface area (Å²) in [5.41, 5.74) is 1.07. The van der Waals surface area contributed by atoms with E-state index in [4.69, 9.17) is 9.47 Å². The minimum atomic E-state index is -0.00997. The molecule has 0 fully saturated rings. The van der Waals surface area contributed by atoms with Gasteiger partial charge in [0.15, 0.2) is 11.5 Å². The Morgan fingerprint density at radius 1 is 0.882 bits per heavy atom. The molecule has 34 heavy (non-hydrogen) atoms. The zero-order valence-corrected chi connectivity index (χ0v) is 22.0. The van der Waals surface area contributed by atoms with Crippen LogP contribution in [0.5, 0.6) is 11.5 Å². The lowest BCUT2D eigenvalue weighted by atomic mass is 10.1. The highest BCUT2D eigenvalue weighted by molar-refractivity contribution is 7.09. The van der Waals surface area contributed by atoms with Crippen molar-refractivity contribution in [2.24, 2.45) is 0 Å². The normalized spacial score (nSPS) is 10.7. The molecule has 7 heteroatoms. The van der Waals surface area contributed by atoms with Gasteiger partial charge in [-0.25, -0.2) is 0 Å². The highest BCUT2D eigenvalue weighted by Crippen LogP contribution is 2.28. The number of carbonyl (C=O) groups is 2. The molecule has 0 aliphatic carbocycles. The van der Waals surface area contributed by atoms with Gasteiger partial charge in [-0.3, -0.25) is 9.59 Å². The van der Waals surface area contributed by atoms with Gasteiger partial charge in [0, 0.05) is 24.4 Å². The van der Waals surface area contributed by atoms with Crippen molar-refractivity contribution in [2.45, 2.75) is 65.3 Å². The van der Waals surface area contributed by atoms with Crippen molar-refractivity contribution in [3.63, 3.8) is 0 Å². The van der Waals surface area contributed by atoms with Crippen molar-refractivity contribution >= 4 is 23.2 Å². The lowest BCUT2D eigenvalue weighted by Gasteiger charge is -2.27. The molecule has 0 saturated carbocycles. The predicted molar refractivity (Wildman–Crippen MR) is 139 cm³/mol. The molecule has 0 N–H and O–H groups in total. The molecule has 0 unspecified atom stereocenters. The average Bonchev–Trinajstić information content (AvgIpc) is 3.37. The fourth-order valence-electron chi connectivity index (χ4n) is 3.87. The first kappa shape index (κ1) is 27.7. The molecule has 0 radical (unpaired) electrons. The van der Waals surface area contributed by atoms with E-state index in [1.165, 1.54) is 0 Å². The molecule has 0 spiro atoms. The molecule has 0 bridgehead atoms. The van der Waals surface area contributed by atoms with E-state index in [-0.39, 0.29) is 18.4 Å². The molecule has 2 aromatic rings. The Bertz CT molecular complexity index is 870. The molecular formula is C27H40N2O4S. The number of rotatable bonds is 16. The molecular weight excluding hydrogens is 448 g/mol. The number of unbranched alkanes of at least 4 members (excludes halogenated alkanes) is 3. The molecule has 0 saturated heterocycles. The quantitative estimate of drug-likeness (QED) is 0.291. The second-order valence-electron chi connectivity index (χ2n) is 8.46. The van der Waals surface area contributed by atoms with Crippen molar-refractivity contribution < 1.29 is 19.1 Å². The number of nitrogens with zero attached hydrogens (tertiary/aromatic N) is 2. The summed E-state index contributed by atoms with van der Waals surface area (Å²) in [5.74, 6) is 1.44. The molecule has 0 atom stereocenters. The van der Waals surface area contributed by atoms with Gasteiger partial charge in [0.2, 0.25) is 11.8 Å². The van der Waals surface area contributed by atoms with Crippen LogP contribution in [-0.2, 0) is 22.6 Å². The number of benzene rings is 1. The van der Waals surface area contributed by atoms with Gasteiger partial charge in [0.1, 0.15) is 0 Å². The van der Waals surface area contributed by atoms with E-state index in [0.717, 1.165) is 42.5 Å².